The van der Waals surface area contributed by atoms with Crippen LogP contribution in [0.2, 0.25) is 0 Å². The molecule has 32 nitrogen and oxygen atoms in total. The third kappa shape index (κ3) is 26.9. The van der Waals surface area contributed by atoms with Crippen molar-refractivity contribution in [2.24, 2.45) is 0 Å². The predicted octanol–water partition coefficient (Wildman–Crippen LogP) is 10.1. The molecule has 0 radical (unpaired) electrons. The molecule has 0 aliphatic carbocycles. The number of aromatic hydroxyl groups is 4. The lowest BCUT2D eigenvalue weighted by Gasteiger charge is -2.26. The van der Waals surface area contributed by atoms with Gasteiger partial charge in [0.2, 0.25) is 0 Å². The van der Waals surface area contributed by atoms with Gasteiger partial charge in [0, 0.05) is 149 Å². The number of esters is 8. The zero-order valence-electron chi connectivity index (χ0n) is 74.0. The van der Waals surface area contributed by atoms with Crippen LogP contribution in [0, 0.1) is 27.7 Å². The lowest BCUT2D eigenvalue weighted by atomic mass is 9.94. The molecule has 8 aliphatic heterocycles. The first-order valence-electron chi connectivity index (χ1n) is 42.5. The summed E-state index contributed by atoms with van der Waals surface area (Å²) in [6, 6.07) is 0. The number of phenolic OH excluding ortho intramolecular Hbond substituents is 4. The van der Waals surface area contributed by atoms with Gasteiger partial charge in [-0.05, 0) is 129 Å². The second-order valence-electron chi connectivity index (χ2n) is 31.4. The van der Waals surface area contributed by atoms with Crippen LogP contribution in [-0.2, 0) is 128 Å². The van der Waals surface area contributed by atoms with Gasteiger partial charge in [-0.2, -0.15) is 0 Å². The molecule has 4 aromatic carbocycles. The van der Waals surface area contributed by atoms with Crippen molar-refractivity contribution >= 4 is 47.8 Å². The van der Waals surface area contributed by atoms with Crippen LogP contribution in [-0.4, -0.2) is 274 Å². The van der Waals surface area contributed by atoms with Gasteiger partial charge in [0.05, 0.1) is 81.3 Å². The van der Waals surface area contributed by atoms with Crippen molar-refractivity contribution in [3.8, 4) is 46.0 Å². The molecule has 8 aliphatic rings. The van der Waals surface area contributed by atoms with Crippen molar-refractivity contribution in [3.05, 3.63) is 136 Å². The molecular weight excluding hydrogens is 1610 g/mol. The van der Waals surface area contributed by atoms with E-state index in [0.29, 0.717) is 171 Å². The fraction of sp³-hybridized carbons (Fsp3) is 0.565. The summed E-state index contributed by atoms with van der Waals surface area (Å²) in [7, 11) is 6.16. The van der Waals surface area contributed by atoms with Crippen molar-refractivity contribution in [1.29, 1.82) is 0 Å². The number of carbonyl (C=O) groups is 8. The first-order valence-corrected chi connectivity index (χ1v) is 42.5. The van der Waals surface area contributed by atoms with Gasteiger partial charge in [-0.25, -0.2) is 19.2 Å². The lowest BCUT2D eigenvalue weighted by molar-refractivity contribution is -0.145. The molecule has 124 heavy (non-hydrogen) atoms. The van der Waals surface area contributed by atoms with Gasteiger partial charge in [-0.1, -0.05) is 46.6 Å². The fourth-order valence-electron chi connectivity index (χ4n) is 15.6. The van der Waals surface area contributed by atoms with Gasteiger partial charge in [-0.3, -0.25) is 38.8 Å². The minimum atomic E-state index is -0.514. The Kier molecular flexibility index (Phi) is 38.4. The number of rotatable bonds is 36. The zero-order chi connectivity index (χ0) is 89.5. The van der Waals surface area contributed by atoms with E-state index in [-0.39, 0.29) is 95.6 Å². The minimum Gasteiger partial charge on any atom is -0.507 e. The average Bonchev–Trinajstić information content (AvgIpc) is 1.58. The number of ether oxygens (including phenoxy) is 16. The molecule has 0 unspecified atom stereocenters. The molecule has 12 rings (SSSR count). The summed E-state index contributed by atoms with van der Waals surface area (Å²) in [4.78, 5) is 105. The molecule has 4 aromatic rings. The van der Waals surface area contributed by atoms with Gasteiger partial charge in [0.1, 0.15) is 121 Å². The van der Waals surface area contributed by atoms with Crippen LogP contribution in [0.25, 0.3) is 0 Å². The number of hydrogen-bond donors (Lipinski definition) is 4. The highest BCUT2D eigenvalue weighted by Gasteiger charge is 2.37. The number of phenols is 4. The molecule has 4 N–H and O–H groups in total. The molecule has 32 heteroatoms. The van der Waals surface area contributed by atoms with Crippen LogP contribution in [0.5, 0.6) is 46.0 Å². The lowest BCUT2D eigenvalue weighted by Crippen LogP contribution is -2.38. The molecule has 4 saturated heterocycles. The summed E-state index contributed by atoms with van der Waals surface area (Å²) in [5.41, 5.74) is 12.9. The zero-order valence-corrected chi connectivity index (χ0v) is 74.0. The number of benzene rings is 4. The van der Waals surface area contributed by atoms with E-state index in [1.807, 2.05) is 79.7 Å². The Morgan fingerprint density at radius 1 is 0.315 bits per heavy atom. The largest absolute Gasteiger partial charge is 0.507 e. The van der Waals surface area contributed by atoms with E-state index < -0.39 is 23.9 Å². The van der Waals surface area contributed by atoms with Crippen LogP contribution in [0.1, 0.15) is 187 Å². The Morgan fingerprint density at radius 3 is 0.677 bits per heavy atom. The Bertz CT molecular complexity index is 3990. The maximum absolute atomic E-state index is 12.0. The van der Waals surface area contributed by atoms with Gasteiger partial charge in [-0.15, -0.1) is 0 Å². The van der Waals surface area contributed by atoms with E-state index in [2.05, 4.69) is 19.6 Å². The number of carbonyl (C=O) groups excluding carboxylic acids is 8. The Labute approximate surface area is 725 Å². The first kappa shape index (κ1) is 97.5. The molecule has 0 bridgehead atoms. The van der Waals surface area contributed by atoms with Crippen LogP contribution in [0.15, 0.2) is 46.6 Å². The number of fused-ring (bicyclic) bond motifs is 4. The van der Waals surface area contributed by atoms with E-state index >= 15 is 0 Å². The summed E-state index contributed by atoms with van der Waals surface area (Å²) in [6.45, 7) is 32.9. The number of allylic oxidation sites excluding steroid dienone is 8. The topological polar surface area (TPSA) is 378 Å². The monoisotopic (exact) mass is 1730 g/mol. The van der Waals surface area contributed by atoms with Gasteiger partial charge >= 0.3 is 47.8 Å². The summed E-state index contributed by atoms with van der Waals surface area (Å²) in [5, 5.41) is 42.6. The Balaban J connectivity index is 0.000000187. The molecule has 680 valence electrons. The quantitative estimate of drug-likeness (QED) is 0.0187. The normalized spacial score (nSPS) is 16.7. The number of hydrogen-bond acceptors (Lipinski definition) is 32. The molecule has 4 fully saturated rings. The Morgan fingerprint density at radius 2 is 0.500 bits per heavy atom. The second-order valence-corrected chi connectivity index (χ2v) is 31.4. The first-order chi connectivity index (χ1) is 59.7. The van der Waals surface area contributed by atoms with E-state index in [0.717, 1.165) is 176 Å². The highest BCUT2D eigenvalue weighted by atomic mass is 16.6. The SMILES string of the molecule is COc1c(C)c2c(c(O)c1C/C=C(\C)CCC(=O)OCCN1CCOCC1)C(=O)OC2.COc1c(C)c2c(c(O)c1C/C=C(\C)CCC(=O)OCCN1CCOCC1)C(=O)OC2.COc1c(C)c2c(c(O)c1C/C=C(\C)CCC(=O)OCCN1CCOCC1)C(=O)OC2.COc1c(C)c2c(c(O)c1C/C=C(\C)CCC(=O)OCCN1CCOCC1)C(=O)OC2. The summed E-state index contributed by atoms with van der Waals surface area (Å²) in [6.07, 6.45) is 12.7. The van der Waals surface area contributed by atoms with E-state index in [9.17, 15) is 58.8 Å². The van der Waals surface area contributed by atoms with Crippen LogP contribution in [0.4, 0.5) is 0 Å². The molecule has 0 saturated carbocycles. The number of cyclic esters (lactones) is 4. The standard InChI is InChI=1S/4C23H31NO7/c4*1-15(5-7-19(25)30-13-10-24-8-11-29-12-9-24)4-6-17-21(26)20-18(14-31-23(20)27)16(2)22(17)28-3/h4*4,26H,5-14H2,1-3H3/b4*15-4+. The number of methoxy groups -OCH3 is 4. The van der Waals surface area contributed by atoms with Gasteiger partial charge < -0.3 is 96.2 Å². The van der Waals surface area contributed by atoms with Crippen molar-refractivity contribution in [1.82, 2.24) is 19.6 Å². The number of nitrogens with zero attached hydrogens (tertiary/aromatic N) is 4. The third-order valence-corrected chi connectivity index (χ3v) is 23.2. The molecule has 0 atom stereocenters. The van der Waals surface area contributed by atoms with Crippen LogP contribution >= 0.6 is 0 Å². The second kappa shape index (κ2) is 48.8. The van der Waals surface area contributed by atoms with Crippen molar-refractivity contribution < 1.29 is 135 Å². The molecule has 0 amide bonds. The molecule has 0 aromatic heterocycles. The predicted molar refractivity (Wildman–Crippen MR) is 454 cm³/mol. The van der Waals surface area contributed by atoms with E-state index in [1.165, 1.54) is 0 Å². The highest BCUT2D eigenvalue weighted by molar-refractivity contribution is 6.00. The van der Waals surface area contributed by atoms with Crippen LogP contribution in [0.3, 0.4) is 0 Å². The third-order valence-electron chi connectivity index (χ3n) is 23.2. The van der Waals surface area contributed by atoms with Gasteiger partial charge in [0.15, 0.2) is 0 Å². The average molecular weight is 1730 g/mol. The highest BCUT2D eigenvalue weighted by Crippen LogP contribution is 2.46. The van der Waals surface area contributed by atoms with Crippen molar-refractivity contribution in [2.75, 3.05) is 186 Å². The van der Waals surface area contributed by atoms with Crippen molar-refractivity contribution in [2.45, 2.75) is 159 Å². The molecule has 0 spiro atoms. The summed E-state index contributed by atoms with van der Waals surface area (Å²) < 4.78 is 84.8. The maximum Gasteiger partial charge on any atom is 0.342 e. The maximum atomic E-state index is 12.0. The summed E-state index contributed by atoms with van der Waals surface area (Å²) >= 11 is 0. The van der Waals surface area contributed by atoms with Crippen LogP contribution < -0.4 is 18.9 Å². The van der Waals surface area contributed by atoms with E-state index in [1.54, 1.807) is 28.4 Å². The van der Waals surface area contributed by atoms with E-state index in [4.69, 9.17) is 75.8 Å². The molecular formula is C92H124N4O28. The summed E-state index contributed by atoms with van der Waals surface area (Å²) in [5.74, 6) is -1.09. The van der Waals surface area contributed by atoms with Gasteiger partial charge in [0.25, 0.3) is 0 Å². The molecule has 8 heterocycles. The smallest absolute Gasteiger partial charge is 0.342 e. The minimum absolute atomic E-state index is 0.0912. The fourth-order valence-corrected chi connectivity index (χ4v) is 15.6. The van der Waals surface area contributed by atoms with Crippen molar-refractivity contribution in [3.63, 3.8) is 0 Å². The Hall–Kier alpha value is -10.3. The number of morpholine rings is 4.